The Hall–Kier alpha value is -8.92. The molecule has 27 nitrogen and oxygen atoms in total. The molecule has 2 heterocycles. The zero-order valence-corrected chi connectivity index (χ0v) is 65.0. The average molecular weight is 1520 g/mol. The maximum absolute atomic E-state index is 14.4. The summed E-state index contributed by atoms with van der Waals surface area (Å²) in [5.41, 5.74) is 1.67. The standard InChI is InChI=1S/C36H48N6O7S2.C25H41N5O7S.C11H7NS.C2H3N/c1-8-22-19-36(22,31(45)41-51(47,48)24-16-17-24)40-29(43)27-18-23(37-32(50)38-26-15-11-13-21-12-9-10-14-25(21)26)20-42(27)30(44)28(34(2,3)4)39-33(46)49-35(5,6)7;1-8-14-12-25(14,21(33)29-38(35,36)16-9-10-16)28-19(31)17-11-15(26)13-30(17)20(32)18(23(2,3)4)27-22(34)37-24(5,6)7;13-8-12-11-7-3-5-9-4-1-2-6-10(9)11;1-2-3/h8-15,22-24,27-28H,1,16-20H2,2-7H3,(H,39,46)(H,40,43)(H,41,45)(H2,37,38,50);8,14-18H,1,9-13,26H2,2-7H3,(H,27,34)(H,28,31)(H,29,33);1-7H;1H3/t22?,23-,27+,28-,36?;14?,15-,17+,18-,25?;;/m11../s1. The van der Waals surface area contributed by atoms with Crippen LogP contribution in [0, 0.1) is 34.0 Å². The van der Waals surface area contributed by atoms with Crippen LogP contribution in [0.15, 0.2) is 115 Å². The van der Waals surface area contributed by atoms with E-state index >= 15 is 0 Å². The van der Waals surface area contributed by atoms with E-state index in [4.69, 9.17) is 32.7 Å². The van der Waals surface area contributed by atoms with Crippen molar-refractivity contribution in [3.05, 3.63) is 110 Å². The number of alkyl carbamates (subject to hydrolysis) is 2. The number of nitrogens with zero attached hydrogens (tertiary/aromatic N) is 4. The van der Waals surface area contributed by atoms with Crippen molar-refractivity contribution in [1.29, 1.82) is 5.26 Å². The molecule has 4 aromatic rings. The number of nitriles is 1. The van der Waals surface area contributed by atoms with Gasteiger partial charge < -0.3 is 56.9 Å². The van der Waals surface area contributed by atoms with Crippen LogP contribution in [0.25, 0.3) is 21.5 Å². The van der Waals surface area contributed by atoms with Crippen molar-refractivity contribution in [2.45, 2.75) is 210 Å². The van der Waals surface area contributed by atoms with Gasteiger partial charge >= 0.3 is 12.2 Å². The van der Waals surface area contributed by atoms with Crippen molar-refractivity contribution >= 4 is 135 Å². The minimum absolute atomic E-state index is 0.0387. The number of likely N-dealkylation sites (tertiary alicyclic amines) is 2. The lowest BCUT2D eigenvalue weighted by Gasteiger charge is -2.36. The highest BCUT2D eigenvalue weighted by molar-refractivity contribution is 7.91. The first-order valence-corrected chi connectivity index (χ1v) is 38.6. The molecule has 2 aliphatic heterocycles. The number of thiocarbonyl (C=S) groups is 2. The van der Waals surface area contributed by atoms with Crippen molar-refractivity contribution in [2.24, 2.45) is 33.4 Å². The summed E-state index contributed by atoms with van der Waals surface area (Å²) in [4.78, 5) is 114. The summed E-state index contributed by atoms with van der Waals surface area (Å²) in [6, 6.07) is 24.2. The van der Waals surface area contributed by atoms with E-state index in [9.17, 15) is 55.2 Å². The van der Waals surface area contributed by atoms with Crippen LogP contribution in [0.5, 0.6) is 0 Å². The second kappa shape index (κ2) is 33.3. The Labute approximate surface area is 625 Å². The second-order valence-corrected chi connectivity index (χ2v) is 35.8. The van der Waals surface area contributed by atoms with Crippen LogP contribution in [-0.2, 0) is 58.3 Å². The summed E-state index contributed by atoms with van der Waals surface area (Å²) >= 11 is 10.3. The minimum Gasteiger partial charge on any atom is -0.444 e. The molecule has 6 aliphatic rings. The fraction of sp³-hybridized carbons (Fsp3) is 0.527. The number of carbonyl (C=O) groups excluding carboxylic acids is 8. The summed E-state index contributed by atoms with van der Waals surface area (Å²) in [6.45, 7) is 29.9. The molecular weight excluding hydrogens is 1420 g/mol. The van der Waals surface area contributed by atoms with Crippen LogP contribution >= 0.6 is 24.4 Å². The number of anilines is 1. The molecule has 4 unspecified atom stereocenters. The molecule has 105 heavy (non-hydrogen) atoms. The number of fused-ring (bicyclic) bond motifs is 2. The second-order valence-electron chi connectivity index (χ2n) is 31.2. The fourth-order valence-corrected chi connectivity index (χ4v) is 15.4. The molecule has 0 radical (unpaired) electrons. The highest BCUT2D eigenvalue weighted by Crippen LogP contribution is 2.47. The van der Waals surface area contributed by atoms with Gasteiger partial charge in [-0.25, -0.2) is 26.4 Å². The van der Waals surface area contributed by atoms with E-state index in [1.54, 1.807) is 89.2 Å². The Bertz CT molecular complexity index is 4330. The third-order valence-corrected chi connectivity index (χ3v) is 22.1. The number of isothiocyanates is 1. The van der Waals surface area contributed by atoms with Crippen LogP contribution in [0.3, 0.4) is 0 Å². The van der Waals surface area contributed by atoms with Gasteiger partial charge in [0, 0.05) is 60.4 Å². The maximum Gasteiger partial charge on any atom is 0.408 e. The van der Waals surface area contributed by atoms with Crippen molar-refractivity contribution in [2.75, 3.05) is 18.4 Å². The Morgan fingerprint density at radius 2 is 1.03 bits per heavy atom. The first kappa shape index (κ1) is 83.4. The third-order valence-electron chi connectivity index (χ3n) is 18.2. The molecule has 10 N–H and O–H groups in total. The third kappa shape index (κ3) is 21.9. The SMILES string of the molecule is C=CC1CC1(NC(=O)[C@@H]1C[C@@H](N)CN1C(=O)[C@@H](NC(=O)OC(C)(C)C)C(C)(C)C)C(=O)NS(=O)(=O)C1CC1.C=CC1CC1(NC(=O)[C@@H]1C[C@@H](NC(=S)Nc2cccc3ccccc23)CN1C(=O)[C@@H](NC(=O)OC(C)(C)C)C(C)(C)C)C(=O)NS(=O)(=O)C1CC1.CC#N.S=C=Nc1cccc2ccccc12. The van der Waals surface area contributed by atoms with E-state index in [0.717, 1.165) is 27.5 Å². The first-order valence-electron chi connectivity index (χ1n) is 34.7. The lowest BCUT2D eigenvalue weighted by Crippen LogP contribution is -2.60. The molecule has 568 valence electrons. The summed E-state index contributed by atoms with van der Waals surface area (Å²) < 4.78 is 65.1. The van der Waals surface area contributed by atoms with Crippen LogP contribution in [0.2, 0.25) is 0 Å². The lowest BCUT2D eigenvalue weighted by molar-refractivity contribution is -0.143. The fourth-order valence-electron chi connectivity index (χ4n) is 12.3. The van der Waals surface area contributed by atoms with Crippen molar-refractivity contribution in [1.82, 2.24) is 45.8 Å². The molecule has 0 spiro atoms. The highest BCUT2D eigenvalue weighted by Gasteiger charge is 2.63. The van der Waals surface area contributed by atoms with Gasteiger partial charge in [0.25, 0.3) is 11.8 Å². The van der Waals surface area contributed by atoms with E-state index in [0.29, 0.717) is 25.7 Å². The Balaban J connectivity index is 0.000000248. The number of ether oxygens (including phenoxy) is 2. The van der Waals surface area contributed by atoms with E-state index < -0.39 is 159 Å². The largest absolute Gasteiger partial charge is 0.444 e. The van der Waals surface area contributed by atoms with E-state index in [2.05, 4.69) is 89.0 Å². The number of nitrogens with two attached hydrogens (primary N) is 1. The monoisotopic (exact) mass is 1520 g/mol. The summed E-state index contributed by atoms with van der Waals surface area (Å²) in [5, 5.41) is 30.3. The number of hydrogen-bond donors (Lipinski definition) is 9. The average Bonchev–Trinajstić information content (AvgIpc) is 1.57. The van der Waals surface area contributed by atoms with Gasteiger partial charge in [0.2, 0.25) is 43.7 Å². The zero-order valence-electron chi connectivity index (χ0n) is 61.7. The van der Waals surface area contributed by atoms with Crippen molar-refractivity contribution < 1.29 is 64.7 Å². The van der Waals surface area contributed by atoms with E-state index in [1.807, 2.05) is 72.8 Å². The molecule has 4 aromatic carbocycles. The molecule has 10 atom stereocenters. The van der Waals surface area contributed by atoms with Gasteiger partial charge in [-0.15, -0.1) is 13.2 Å². The lowest BCUT2D eigenvalue weighted by atomic mass is 9.85. The Morgan fingerprint density at radius 3 is 1.44 bits per heavy atom. The molecule has 0 bridgehead atoms. The molecular formula is C74H99N13O14S4. The molecule has 8 amide bonds. The van der Waals surface area contributed by atoms with Crippen LogP contribution < -0.4 is 47.1 Å². The quantitative estimate of drug-likeness (QED) is 0.0242. The van der Waals surface area contributed by atoms with E-state index in [-0.39, 0.29) is 43.9 Å². The zero-order chi connectivity index (χ0) is 78.2. The number of benzene rings is 4. The molecule has 4 saturated carbocycles. The van der Waals surface area contributed by atoms with Gasteiger partial charge in [-0.05, 0) is 151 Å². The maximum atomic E-state index is 14.4. The number of hydrogen-bond acceptors (Lipinski definition) is 19. The summed E-state index contributed by atoms with van der Waals surface area (Å²) in [5.74, 6) is -4.94. The van der Waals surface area contributed by atoms with Crippen LogP contribution in [0.1, 0.15) is 141 Å². The van der Waals surface area contributed by atoms with Crippen LogP contribution in [-0.4, -0.2) is 167 Å². The van der Waals surface area contributed by atoms with Crippen LogP contribution in [0.4, 0.5) is 21.0 Å². The number of carbonyl (C=O) groups is 8. The number of amides is 8. The first-order chi connectivity index (χ1) is 48.9. The Kier molecular flexibility index (Phi) is 26.4. The van der Waals surface area contributed by atoms with Crippen molar-refractivity contribution in [3.63, 3.8) is 0 Å². The molecule has 31 heteroatoms. The van der Waals surface area contributed by atoms with Gasteiger partial charge in [-0.2, -0.15) is 10.3 Å². The minimum atomic E-state index is -3.89. The smallest absolute Gasteiger partial charge is 0.408 e. The van der Waals surface area contributed by atoms with Crippen molar-refractivity contribution in [3.8, 4) is 6.07 Å². The predicted octanol–water partition coefficient (Wildman–Crippen LogP) is 8.33. The number of sulfonamides is 2. The molecule has 2 saturated heterocycles. The molecule has 4 aliphatic carbocycles. The molecule has 6 fully saturated rings. The van der Waals surface area contributed by atoms with Gasteiger partial charge in [-0.1, -0.05) is 126 Å². The molecule has 0 aromatic heterocycles. The normalized spacial score (nSPS) is 23.0. The van der Waals surface area contributed by atoms with Gasteiger partial charge in [0.05, 0.1) is 27.4 Å². The highest BCUT2D eigenvalue weighted by atomic mass is 32.2. The van der Waals surface area contributed by atoms with Gasteiger partial charge in [0.15, 0.2) is 5.11 Å². The summed E-state index contributed by atoms with van der Waals surface area (Å²) in [7, 11) is -7.71. The van der Waals surface area contributed by atoms with Gasteiger partial charge in [-0.3, -0.25) is 38.2 Å². The van der Waals surface area contributed by atoms with E-state index in [1.165, 1.54) is 34.3 Å². The summed E-state index contributed by atoms with van der Waals surface area (Å²) in [6.07, 6.45) is 3.91. The number of nitrogens with one attached hydrogen (secondary N) is 8. The number of rotatable bonds is 19. The predicted molar refractivity (Wildman–Crippen MR) is 409 cm³/mol. The number of aliphatic imine (C=N–C) groups is 1. The van der Waals surface area contributed by atoms with Gasteiger partial charge in [0.1, 0.15) is 46.4 Å². The Morgan fingerprint density at radius 1 is 0.629 bits per heavy atom. The molecule has 10 rings (SSSR count). The topological polar surface area (TPSA) is 388 Å².